The Morgan fingerprint density at radius 3 is 3.13 bits per heavy atom. The van der Waals surface area contributed by atoms with Crippen LogP contribution in [-0.4, -0.2) is 38.5 Å². The minimum Gasteiger partial charge on any atom is -0.465 e. The van der Waals surface area contributed by atoms with Gasteiger partial charge in [-0.25, -0.2) is 4.68 Å². The van der Waals surface area contributed by atoms with E-state index in [0.29, 0.717) is 17.8 Å². The third-order valence-electron chi connectivity index (χ3n) is 1.98. The van der Waals surface area contributed by atoms with Gasteiger partial charge in [-0.3, -0.25) is 4.79 Å². The Labute approximate surface area is 91.4 Å². The molecule has 0 spiro atoms. The second kappa shape index (κ2) is 4.61. The molecule has 82 valence electrons. The molecule has 1 aromatic rings. The topological polar surface area (TPSA) is 69.9 Å². The van der Waals surface area contributed by atoms with Crippen LogP contribution in [0.25, 0.3) is 0 Å². The quantitative estimate of drug-likeness (QED) is 0.544. The Morgan fingerprint density at radius 1 is 1.67 bits per heavy atom. The minimum atomic E-state index is -0.229. The lowest BCUT2D eigenvalue weighted by atomic mass is 10.7. The van der Waals surface area contributed by atoms with Crippen LogP contribution in [0.5, 0.6) is 0 Å². The van der Waals surface area contributed by atoms with Crippen LogP contribution in [0, 0.1) is 0 Å². The van der Waals surface area contributed by atoms with Gasteiger partial charge in [-0.2, -0.15) is 0 Å². The molecule has 0 saturated heterocycles. The van der Waals surface area contributed by atoms with E-state index in [2.05, 4.69) is 15.5 Å². The number of hydrogen-bond donors (Lipinski definition) is 0. The summed E-state index contributed by atoms with van der Waals surface area (Å²) in [6.45, 7) is 2.20. The number of ether oxygens (including phenoxy) is 1. The lowest BCUT2D eigenvalue weighted by Gasteiger charge is -2.01. The predicted molar refractivity (Wildman–Crippen MR) is 53.4 cm³/mol. The molecule has 6 nitrogen and oxygen atoms in total. The molecule has 1 aliphatic carbocycles. The van der Waals surface area contributed by atoms with Gasteiger partial charge in [0, 0.05) is 0 Å². The fraction of sp³-hybridized carbons (Fsp3) is 0.750. The lowest BCUT2D eigenvalue weighted by molar-refractivity contribution is -0.139. The molecule has 1 fully saturated rings. The van der Waals surface area contributed by atoms with Gasteiger partial charge in [0.05, 0.1) is 18.4 Å². The van der Waals surface area contributed by atoms with Gasteiger partial charge in [0.15, 0.2) is 0 Å². The van der Waals surface area contributed by atoms with Crippen LogP contribution in [-0.2, 0) is 9.53 Å². The summed E-state index contributed by atoms with van der Waals surface area (Å²) in [5.74, 6) is 0.0360. The molecule has 0 unspecified atom stereocenters. The third kappa shape index (κ3) is 2.68. The van der Waals surface area contributed by atoms with Crippen LogP contribution in [0.1, 0.15) is 25.8 Å². The molecule has 7 heteroatoms. The average molecular weight is 228 g/mol. The van der Waals surface area contributed by atoms with Crippen molar-refractivity contribution in [3.05, 3.63) is 0 Å². The number of tetrazole rings is 1. The van der Waals surface area contributed by atoms with Crippen LogP contribution < -0.4 is 0 Å². The molecule has 1 saturated carbocycles. The van der Waals surface area contributed by atoms with E-state index >= 15 is 0 Å². The SMILES string of the molecule is CCOC(=O)CSc1nnnn1C1CC1. The van der Waals surface area contributed by atoms with Gasteiger partial charge >= 0.3 is 5.97 Å². The number of carbonyl (C=O) groups excluding carboxylic acids is 1. The molecule has 0 N–H and O–H groups in total. The smallest absolute Gasteiger partial charge is 0.316 e. The molecule has 2 rings (SSSR count). The number of nitrogens with zero attached hydrogens (tertiary/aromatic N) is 4. The summed E-state index contributed by atoms with van der Waals surface area (Å²) in [5, 5.41) is 12.0. The van der Waals surface area contributed by atoms with Crippen LogP contribution >= 0.6 is 11.8 Å². The van der Waals surface area contributed by atoms with Crippen molar-refractivity contribution >= 4 is 17.7 Å². The maximum atomic E-state index is 11.1. The fourth-order valence-electron chi connectivity index (χ4n) is 1.15. The third-order valence-corrected chi connectivity index (χ3v) is 2.89. The Balaban J connectivity index is 1.87. The lowest BCUT2D eigenvalue weighted by Crippen LogP contribution is -2.08. The number of aromatic nitrogens is 4. The molecular weight excluding hydrogens is 216 g/mol. The molecule has 15 heavy (non-hydrogen) atoms. The summed E-state index contributed by atoms with van der Waals surface area (Å²) in [6, 6.07) is 0.435. The van der Waals surface area contributed by atoms with Gasteiger partial charge in [0.2, 0.25) is 5.16 Å². The van der Waals surface area contributed by atoms with E-state index in [4.69, 9.17) is 4.74 Å². The van der Waals surface area contributed by atoms with Crippen LogP contribution in [0.3, 0.4) is 0 Å². The first kappa shape index (κ1) is 10.4. The second-order valence-electron chi connectivity index (χ2n) is 3.23. The van der Waals surface area contributed by atoms with Crippen molar-refractivity contribution in [1.82, 2.24) is 20.2 Å². The second-order valence-corrected chi connectivity index (χ2v) is 4.17. The highest BCUT2D eigenvalue weighted by molar-refractivity contribution is 7.99. The standard InChI is InChI=1S/C8H12N4O2S/c1-2-14-7(13)5-15-8-9-10-11-12(8)6-3-4-6/h6H,2-5H2,1H3. The van der Waals surface area contributed by atoms with Crippen molar-refractivity contribution in [2.45, 2.75) is 31.0 Å². The molecule has 1 aromatic heterocycles. The zero-order valence-corrected chi connectivity index (χ0v) is 9.24. The largest absolute Gasteiger partial charge is 0.465 e. The van der Waals surface area contributed by atoms with E-state index in [0.717, 1.165) is 12.8 Å². The van der Waals surface area contributed by atoms with E-state index in [-0.39, 0.29) is 11.7 Å². The van der Waals surface area contributed by atoms with Crippen molar-refractivity contribution in [2.24, 2.45) is 0 Å². The van der Waals surface area contributed by atoms with Gasteiger partial charge < -0.3 is 4.74 Å². The average Bonchev–Trinajstić information content (AvgIpc) is 2.96. The van der Waals surface area contributed by atoms with Crippen LogP contribution in [0.2, 0.25) is 0 Å². The first-order valence-electron chi connectivity index (χ1n) is 4.87. The first-order valence-corrected chi connectivity index (χ1v) is 5.86. The minimum absolute atomic E-state index is 0.229. The zero-order valence-electron chi connectivity index (χ0n) is 8.42. The van der Waals surface area contributed by atoms with Crippen molar-refractivity contribution in [3.8, 4) is 0 Å². The molecule has 0 bridgehead atoms. The molecule has 1 aliphatic rings. The van der Waals surface area contributed by atoms with Gasteiger partial charge in [-0.1, -0.05) is 11.8 Å². The molecule has 0 amide bonds. The van der Waals surface area contributed by atoms with E-state index in [1.807, 2.05) is 0 Å². The molecule has 1 heterocycles. The van der Waals surface area contributed by atoms with Crippen molar-refractivity contribution in [2.75, 3.05) is 12.4 Å². The number of hydrogen-bond acceptors (Lipinski definition) is 6. The molecule has 0 aliphatic heterocycles. The Hall–Kier alpha value is -1.11. The number of thioether (sulfide) groups is 1. The number of esters is 1. The van der Waals surface area contributed by atoms with Crippen molar-refractivity contribution < 1.29 is 9.53 Å². The summed E-state index contributed by atoms with van der Waals surface area (Å²) >= 11 is 1.32. The van der Waals surface area contributed by atoms with Gasteiger partial charge in [0.1, 0.15) is 0 Å². The Bertz CT molecular complexity index is 350. The monoisotopic (exact) mass is 228 g/mol. The zero-order chi connectivity index (χ0) is 10.7. The molecule has 0 aromatic carbocycles. The van der Waals surface area contributed by atoms with Crippen molar-refractivity contribution in [1.29, 1.82) is 0 Å². The first-order chi connectivity index (χ1) is 7.31. The Morgan fingerprint density at radius 2 is 2.47 bits per heavy atom. The molecule has 0 radical (unpaired) electrons. The number of rotatable bonds is 5. The highest BCUT2D eigenvalue weighted by Crippen LogP contribution is 2.36. The predicted octanol–water partition coefficient (Wildman–Crippen LogP) is 0.663. The normalized spacial score (nSPS) is 15.3. The maximum Gasteiger partial charge on any atom is 0.316 e. The summed E-state index contributed by atoms with van der Waals surface area (Å²) in [4.78, 5) is 11.1. The van der Waals surface area contributed by atoms with Gasteiger partial charge in [-0.05, 0) is 30.2 Å². The maximum absolute atomic E-state index is 11.1. The van der Waals surface area contributed by atoms with E-state index in [9.17, 15) is 4.79 Å². The van der Waals surface area contributed by atoms with E-state index < -0.39 is 0 Å². The molecule has 0 atom stereocenters. The van der Waals surface area contributed by atoms with Gasteiger partial charge in [0.25, 0.3) is 0 Å². The summed E-state index contributed by atoms with van der Waals surface area (Å²) in [6.07, 6.45) is 2.25. The highest BCUT2D eigenvalue weighted by Gasteiger charge is 2.28. The van der Waals surface area contributed by atoms with Crippen LogP contribution in [0.15, 0.2) is 5.16 Å². The van der Waals surface area contributed by atoms with Gasteiger partial charge in [-0.15, -0.1) is 5.10 Å². The number of carbonyl (C=O) groups is 1. The van der Waals surface area contributed by atoms with Crippen LogP contribution in [0.4, 0.5) is 0 Å². The van der Waals surface area contributed by atoms with E-state index in [1.165, 1.54) is 11.8 Å². The van der Waals surface area contributed by atoms with E-state index in [1.54, 1.807) is 11.6 Å². The molecular formula is C8H12N4O2S. The fourth-order valence-corrected chi connectivity index (χ4v) is 1.90. The van der Waals surface area contributed by atoms with Crippen molar-refractivity contribution in [3.63, 3.8) is 0 Å². The summed E-state index contributed by atoms with van der Waals surface area (Å²) in [7, 11) is 0. The highest BCUT2D eigenvalue weighted by atomic mass is 32.2. The summed E-state index contributed by atoms with van der Waals surface area (Å²) in [5.41, 5.74) is 0. The Kier molecular flexibility index (Phi) is 3.20. The summed E-state index contributed by atoms with van der Waals surface area (Å²) < 4.78 is 6.60.